The van der Waals surface area contributed by atoms with E-state index in [1.807, 2.05) is 0 Å². The van der Waals surface area contributed by atoms with Crippen molar-refractivity contribution in [3.63, 3.8) is 0 Å². The van der Waals surface area contributed by atoms with Crippen molar-refractivity contribution in [3.05, 3.63) is 83.2 Å². The van der Waals surface area contributed by atoms with Crippen LogP contribution in [0.3, 0.4) is 0 Å². The molecule has 2 N–H and O–H groups in total. The summed E-state index contributed by atoms with van der Waals surface area (Å²) in [5.74, 6) is 0.293. The predicted molar refractivity (Wildman–Crippen MR) is 118 cm³/mol. The Morgan fingerprint density at radius 3 is 2.06 bits per heavy atom. The molecule has 7 nitrogen and oxygen atoms in total. The molecule has 8 heteroatoms. The van der Waals surface area contributed by atoms with Crippen LogP contribution < -0.4 is 24.8 Å². The van der Waals surface area contributed by atoms with Crippen molar-refractivity contribution in [2.75, 3.05) is 26.6 Å². The fraction of sp³-hybridized carbons (Fsp3) is 0.167. The maximum atomic E-state index is 13.0. The summed E-state index contributed by atoms with van der Waals surface area (Å²) in [5.41, 5.74) is 1.88. The van der Waals surface area contributed by atoms with Gasteiger partial charge in [0.25, 0.3) is 11.8 Å². The van der Waals surface area contributed by atoms with Crippen molar-refractivity contribution < 1.29 is 28.2 Å². The molecule has 0 bridgehead atoms. The van der Waals surface area contributed by atoms with E-state index in [0.29, 0.717) is 34.1 Å². The van der Waals surface area contributed by atoms with Gasteiger partial charge in [0.2, 0.25) is 5.75 Å². The highest BCUT2D eigenvalue weighted by atomic mass is 19.1. The quantitative estimate of drug-likeness (QED) is 0.555. The number of ether oxygens (including phenoxy) is 3. The predicted octanol–water partition coefficient (Wildman–Crippen LogP) is 4.03. The summed E-state index contributed by atoms with van der Waals surface area (Å²) in [4.78, 5) is 25.0. The van der Waals surface area contributed by atoms with Crippen LogP contribution in [0.2, 0.25) is 0 Å². The molecule has 0 spiro atoms. The second-order valence-corrected chi connectivity index (χ2v) is 6.76. The third-order valence-electron chi connectivity index (χ3n) is 4.67. The molecule has 0 radical (unpaired) electrons. The molecule has 3 aromatic rings. The maximum absolute atomic E-state index is 13.0. The number of rotatable bonds is 8. The van der Waals surface area contributed by atoms with Crippen LogP contribution in [0.25, 0.3) is 0 Å². The molecule has 0 heterocycles. The minimum atomic E-state index is -0.424. The minimum absolute atomic E-state index is 0.224. The van der Waals surface area contributed by atoms with E-state index < -0.39 is 11.7 Å². The van der Waals surface area contributed by atoms with Gasteiger partial charge in [0, 0.05) is 23.4 Å². The van der Waals surface area contributed by atoms with E-state index in [0.717, 1.165) is 5.56 Å². The first-order valence-corrected chi connectivity index (χ1v) is 9.69. The Bertz CT molecular complexity index is 1090. The lowest BCUT2D eigenvalue weighted by Crippen LogP contribution is -2.23. The lowest BCUT2D eigenvalue weighted by atomic mass is 10.1. The van der Waals surface area contributed by atoms with Gasteiger partial charge in [-0.1, -0.05) is 6.07 Å². The molecule has 32 heavy (non-hydrogen) atoms. The van der Waals surface area contributed by atoms with Crippen LogP contribution in [-0.4, -0.2) is 33.1 Å². The lowest BCUT2D eigenvalue weighted by molar-refractivity contribution is 0.0949. The van der Waals surface area contributed by atoms with Crippen molar-refractivity contribution in [3.8, 4) is 17.2 Å². The first kappa shape index (κ1) is 22.6. The van der Waals surface area contributed by atoms with Crippen LogP contribution in [0, 0.1) is 5.82 Å². The number of halogens is 1. The van der Waals surface area contributed by atoms with Crippen LogP contribution in [0.5, 0.6) is 17.2 Å². The van der Waals surface area contributed by atoms with Gasteiger partial charge in [0.05, 0.1) is 21.3 Å². The highest BCUT2D eigenvalue weighted by Gasteiger charge is 2.14. The largest absolute Gasteiger partial charge is 0.493 e. The number of carbonyl (C=O) groups excluding carboxylic acids is 2. The van der Waals surface area contributed by atoms with Gasteiger partial charge in [0.15, 0.2) is 11.5 Å². The molecule has 0 atom stereocenters. The lowest BCUT2D eigenvalue weighted by Gasteiger charge is -2.14. The number of amides is 2. The number of benzene rings is 3. The number of methoxy groups -OCH3 is 3. The Morgan fingerprint density at radius 1 is 0.812 bits per heavy atom. The standard InChI is InChI=1S/C24H23FN2O5/c1-30-20-11-15(12-21(31-2)22(20)32-3)14-26-23(28)17-5-4-6-19(13-17)27-24(29)16-7-9-18(25)10-8-16/h4-13H,14H2,1-3H3,(H,26,28)(H,27,29). The topological polar surface area (TPSA) is 85.9 Å². The number of nitrogens with one attached hydrogen (secondary N) is 2. The second kappa shape index (κ2) is 10.3. The fourth-order valence-corrected chi connectivity index (χ4v) is 3.06. The minimum Gasteiger partial charge on any atom is -0.493 e. The molecule has 0 fully saturated rings. The molecule has 0 aromatic heterocycles. The van der Waals surface area contributed by atoms with E-state index >= 15 is 0 Å². The SMILES string of the molecule is COc1cc(CNC(=O)c2cccc(NC(=O)c3ccc(F)cc3)c2)cc(OC)c1OC. The molecule has 166 valence electrons. The average Bonchev–Trinajstić information content (AvgIpc) is 2.82. The average molecular weight is 438 g/mol. The van der Waals surface area contributed by atoms with Crippen molar-refractivity contribution in [1.29, 1.82) is 0 Å². The molecular formula is C24H23FN2O5. The Morgan fingerprint density at radius 2 is 1.47 bits per heavy atom. The zero-order valence-corrected chi connectivity index (χ0v) is 17.9. The summed E-state index contributed by atoms with van der Waals surface area (Å²) in [6, 6.07) is 15.2. The first-order valence-electron chi connectivity index (χ1n) is 9.69. The van der Waals surface area contributed by atoms with E-state index in [1.165, 1.54) is 45.6 Å². The fourth-order valence-electron chi connectivity index (χ4n) is 3.06. The summed E-state index contributed by atoms with van der Waals surface area (Å²) < 4.78 is 29.0. The van der Waals surface area contributed by atoms with Gasteiger partial charge >= 0.3 is 0 Å². The number of hydrogen-bond acceptors (Lipinski definition) is 5. The molecule has 0 saturated heterocycles. The smallest absolute Gasteiger partial charge is 0.255 e. The Kier molecular flexibility index (Phi) is 7.28. The molecule has 2 amide bonds. The van der Waals surface area contributed by atoms with Crippen molar-refractivity contribution in [2.45, 2.75) is 6.54 Å². The number of hydrogen-bond donors (Lipinski definition) is 2. The van der Waals surface area contributed by atoms with E-state index in [-0.39, 0.29) is 12.5 Å². The summed E-state index contributed by atoms with van der Waals surface area (Å²) >= 11 is 0. The normalized spacial score (nSPS) is 10.2. The number of anilines is 1. The van der Waals surface area contributed by atoms with Gasteiger partial charge < -0.3 is 24.8 Å². The van der Waals surface area contributed by atoms with E-state index in [2.05, 4.69) is 10.6 Å². The molecule has 3 rings (SSSR count). The summed E-state index contributed by atoms with van der Waals surface area (Å²) in [6.45, 7) is 0.224. The van der Waals surface area contributed by atoms with Gasteiger partial charge in [-0.2, -0.15) is 0 Å². The Hall–Kier alpha value is -4.07. The van der Waals surface area contributed by atoms with Crippen LogP contribution in [-0.2, 0) is 6.54 Å². The molecule has 0 aliphatic carbocycles. The molecule has 0 aliphatic rings. The van der Waals surface area contributed by atoms with Crippen molar-refractivity contribution >= 4 is 17.5 Å². The number of carbonyl (C=O) groups is 2. The zero-order valence-electron chi connectivity index (χ0n) is 17.9. The van der Waals surface area contributed by atoms with Crippen LogP contribution in [0.1, 0.15) is 26.3 Å². The molecule has 0 aliphatic heterocycles. The molecule has 0 unspecified atom stereocenters. The maximum Gasteiger partial charge on any atom is 0.255 e. The summed E-state index contributed by atoms with van der Waals surface area (Å²) in [6.07, 6.45) is 0. The van der Waals surface area contributed by atoms with Gasteiger partial charge in [-0.15, -0.1) is 0 Å². The van der Waals surface area contributed by atoms with E-state index in [9.17, 15) is 14.0 Å². The van der Waals surface area contributed by atoms with Crippen LogP contribution >= 0.6 is 0 Å². The van der Waals surface area contributed by atoms with Crippen LogP contribution in [0.15, 0.2) is 60.7 Å². The third-order valence-corrected chi connectivity index (χ3v) is 4.67. The summed E-state index contributed by atoms with van der Waals surface area (Å²) in [5, 5.41) is 5.53. The Labute approximate surface area is 185 Å². The highest BCUT2D eigenvalue weighted by molar-refractivity contribution is 6.05. The zero-order chi connectivity index (χ0) is 23.1. The third kappa shape index (κ3) is 5.34. The highest BCUT2D eigenvalue weighted by Crippen LogP contribution is 2.38. The van der Waals surface area contributed by atoms with Gasteiger partial charge in [-0.25, -0.2) is 4.39 Å². The second-order valence-electron chi connectivity index (χ2n) is 6.76. The van der Waals surface area contributed by atoms with Gasteiger partial charge in [0.1, 0.15) is 5.82 Å². The van der Waals surface area contributed by atoms with Crippen molar-refractivity contribution in [2.24, 2.45) is 0 Å². The van der Waals surface area contributed by atoms with Gasteiger partial charge in [-0.05, 0) is 60.2 Å². The molecule has 3 aromatic carbocycles. The Balaban J connectivity index is 1.68. The van der Waals surface area contributed by atoms with Gasteiger partial charge in [-0.3, -0.25) is 9.59 Å². The molecular weight excluding hydrogens is 415 g/mol. The van der Waals surface area contributed by atoms with E-state index in [1.54, 1.807) is 36.4 Å². The monoisotopic (exact) mass is 438 g/mol. The van der Waals surface area contributed by atoms with Crippen molar-refractivity contribution in [1.82, 2.24) is 5.32 Å². The first-order chi connectivity index (χ1) is 15.4. The van der Waals surface area contributed by atoms with E-state index in [4.69, 9.17) is 14.2 Å². The summed E-state index contributed by atoms with van der Waals surface area (Å²) in [7, 11) is 4.56. The van der Waals surface area contributed by atoms with Crippen LogP contribution in [0.4, 0.5) is 10.1 Å². The molecule has 0 saturated carbocycles.